The molecule has 0 aromatic carbocycles. The number of alkyl halides is 3. The van der Waals surface area contributed by atoms with Crippen molar-refractivity contribution in [1.29, 1.82) is 0 Å². The number of amides is 1. The SMILES string of the molecule is CN(C(=O)CC(F)(F)F)C1CCCNCC1.Cl. The van der Waals surface area contributed by atoms with Crippen molar-refractivity contribution in [2.75, 3.05) is 20.1 Å². The molecule has 1 aliphatic rings. The van der Waals surface area contributed by atoms with Crippen LogP contribution in [0.1, 0.15) is 25.7 Å². The van der Waals surface area contributed by atoms with Crippen molar-refractivity contribution in [3.8, 4) is 0 Å². The summed E-state index contributed by atoms with van der Waals surface area (Å²) in [7, 11) is 1.46. The average Bonchev–Trinajstić information content (AvgIpc) is 2.41. The van der Waals surface area contributed by atoms with Crippen LogP contribution < -0.4 is 5.32 Å². The first kappa shape index (κ1) is 16.5. The second-order valence-corrected chi connectivity index (χ2v) is 4.13. The first-order valence-electron chi connectivity index (χ1n) is 5.43. The molecule has 1 amide bonds. The van der Waals surface area contributed by atoms with Gasteiger partial charge in [-0.1, -0.05) is 0 Å². The third kappa shape index (κ3) is 6.12. The first-order valence-corrected chi connectivity index (χ1v) is 5.43. The molecule has 1 rings (SSSR count). The summed E-state index contributed by atoms with van der Waals surface area (Å²) in [5.74, 6) is -0.834. The molecule has 0 saturated carbocycles. The number of halogens is 4. The highest BCUT2D eigenvalue weighted by Gasteiger charge is 2.34. The molecule has 0 spiro atoms. The summed E-state index contributed by atoms with van der Waals surface area (Å²) in [6.45, 7) is 1.63. The van der Waals surface area contributed by atoms with E-state index in [1.807, 2.05) is 0 Å². The minimum Gasteiger partial charge on any atom is -0.342 e. The normalized spacial score (nSPS) is 21.3. The lowest BCUT2D eigenvalue weighted by atomic mass is 10.1. The van der Waals surface area contributed by atoms with Crippen molar-refractivity contribution in [3.63, 3.8) is 0 Å². The fourth-order valence-corrected chi connectivity index (χ4v) is 1.89. The topological polar surface area (TPSA) is 32.3 Å². The average molecular weight is 275 g/mol. The molecule has 1 heterocycles. The molecule has 3 nitrogen and oxygen atoms in total. The Bertz CT molecular complexity index is 240. The van der Waals surface area contributed by atoms with Gasteiger partial charge in [0.05, 0.1) is 0 Å². The molecule has 1 saturated heterocycles. The lowest BCUT2D eigenvalue weighted by Crippen LogP contribution is -2.39. The van der Waals surface area contributed by atoms with Crippen LogP contribution in [0.4, 0.5) is 13.2 Å². The lowest BCUT2D eigenvalue weighted by Gasteiger charge is -2.27. The Morgan fingerprint density at radius 2 is 2.00 bits per heavy atom. The zero-order valence-corrected chi connectivity index (χ0v) is 10.5. The number of carbonyl (C=O) groups excluding carboxylic acids is 1. The summed E-state index contributed by atoms with van der Waals surface area (Å²) in [6.07, 6.45) is -3.37. The highest BCUT2D eigenvalue weighted by atomic mass is 35.5. The summed E-state index contributed by atoms with van der Waals surface area (Å²) in [5, 5.41) is 3.16. The first-order chi connectivity index (χ1) is 7.40. The largest absolute Gasteiger partial charge is 0.397 e. The number of nitrogens with one attached hydrogen (secondary N) is 1. The number of carbonyl (C=O) groups is 1. The molecule has 7 heteroatoms. The zero-order valence-electron chi connectivity index (χ0n) is 9.72. The van der Waals surface area contributed by atoms with Crippen LogP contribution in [0.5, 0.6) is 0 Å². The molecule has 1 unspecified atom stereocenters. The van der Waals surface area contributed by atoms with Crippen LogP contribution in [0.25, 0.3) is 0 Å². The Morgan fingerprint density at radius 1 is 1.35 bits per heavy atom. The van der Waals surface area contributed by atoms with E-state index in [1.165, 1.54) is 11.9 Å². The maximum absolute atomic E-state index is 12.1. The van der Waals surface area contributed by atoms with E-state index in [-0.39, 0.29) is 18.4 Å². The van der Waals surface area contributed by atoms with Crippen molar-refractivity contribution in [2.45, 2.75) is 37.9 Å². The number of nitrogens with zero attached hydrogens (tertiary/aromatic N) is 1. The summed E-state index contributed by atoms with van der Waals surface area (Å²) in [4.78, 5) is 12.6. The van der Waals surface area contributed by atoms with Crippen molar-refractivity contribution >= 4 is 18.3 Å². The molecule has 1 atom stereocenters. The van der Waals surface area contributed by atoms with E-state index in [2.05, 4.69) is 5.32 Å². The second-order valence-electron chi connectivity index (χ2n) is 4.13. The van der Waals surface area contributed by atoms with Gasteiger partial charge in [0.25, 0.3) is 0 Å². The zero-order chi connectivity index (χ0) is 12.2. The van der Waals surface area contributed by atoms with Crippen LogP contribution in [-0.4, -0.2) is 43.2 Å². The second kappa shape index (κ2) is 7.06. The van der Waals surface area contributed by atoms with Gasteiger partial charge < -0.3 is 10.2 Å². The fraction of sp³-hybridized carbons (Fsp3) is 0.900. The Balaban J connectivity index is 0.00000256. The molecule has 0 aliphatic carbocycles. The van der Waals surface area contributed by atoms with Crippen molar-refractivity contribution in [2.24, 2.45) is 0 Å². The van der Waals surface area contributed by atoms with Crippen LogP contribution in [0, 0.1) is 0 Å². The molecule has 0 bridgehead atoms. The van der Waals surface area contributed by atoms with Gasteiger partial charge in [-0.2, -0.15) is 13.2 Å². The van der Waals surface area contributed by atoms with E-state index in [4.69, 9.17) is 0 Å². The standard InChI is InChI=1S/C10H17F3N2O.ClH/c1-15(9(16)7-10(11,12)13)8-3-2-5-14-6-4-8;/h8,14H,2-7H2,1H3;1H. The van der Waals surface area contributed by atoms with Crippen molar-refractivity contribution in [1.82, 2.24) is 10.2 Å². The Hall–Kier alpha value is -0.490. The van der Waals surface area contributed by atoms with Gasteiger partial charge in [0, 0.05) is 13.1 Å². The number of hydrogen-bond acceptors (Lipinski definition) is 2. The molecule has 0 aromatic heterocycles. The highest BCUT2D eigenvalue weighted by molar-refractivity contribution is 5.85. The van der Waals surface area contributed by atoms with Gasteiger partial charge in [-0.15, -0.1) is 12.4 Å². The Labute approximate surface area is 105 Å². The Kier molecular flexibility index (Phi) is 6.85. The summed E-state index contributed by atoms with van der Waals surface area (Å²) >= 11 is 0. The third-order valence-electron chi connectivity index (χ3n) is 2.84. The third-order valence-corrected chi connectivity index (χ3v) is 2.84. The minimum absolute atomic E-state index is 0. The van der Waals surface area contributed by atoms with Gasteiger partial charge in [0.15, 0.2) is 0 Å². The summed E-state index contributed by atoms with van der Waals surface area (Å²) < 4.78 is 36.2. The van der Waals surface area contributed by atoms with E-state index in [0.29, 0.717) is 0 Å². The lowest BCUT2D eigenvalue weighted by molar-refractivity contribution is -0.162. The monoisotopic (exact) mass is 274 g/mol. The van der Waals surface area contributed by atoms with Crippen LogP contribution in [-0.2, 0) is 4.79 Å². The fourth-order valence-electron chi connectivity index (χ4n) is 1.89. The van der Waals surface area contributed by atoms with Gasteiger partial charge >= 0.3 is 6.18 Å². The highest BCUT2D eigenvalue weighted by Crippen LogP contribution is 2.22. The minimum atomic E-state index is -4.41. The molecule has 0 aromatic rings. The van der Waals surface area contributed by atoms with E-state index < -0.39 is 18.5 Å². The molecule has 102 valence electrons. The van der Waals surface area contributed by atoms with E-state index in [9.17, 15) is 18.0 Å². The Morgan fingerprint density at radius 3 is 2.59 bits per heavy atom. The summed E-state index contributed by atoms with van der Waals surface area (Å²) in [6, 6.07) is -0.0650. The number of rotatable bonds is 2. The smallest absolute Gasteiger partial charge is 0.342 e. The number of hydrogen-bond donors (Lipinski definition) is 1. The van der Waals surface area contributed by atoms with E-state index in [1.54, 1.807) is 0 Å². The molecule has 1 fully saturated rings. The van der Waals surface area contributed by atoms with Gasteiger partial charge in [-0.25, -0.2) is 0 Å². The summed E-state index contributed by atoms with van der Waals surface area (Å²) in [5.41, 5.74) is 0. The predicted octanol–water partition coefficient (Wildman–Crippen LogP) is 1.96. The molecule has 1 aliphatic heterocycles. The van der Waals surface area contributed by atoms with Gasteiger partial charge in [0.2, 0.25) is 5.91 Å². The maximum Gasteiger partial charge on any atom is 0.397 e. The van der Waals surface area contributed by atoms with Gasteiger partial charge in [0.1, 0.15) is 6.42 Å². The van der Waals surface area contributed by atoms with Crippen LogP contribution >= 0.6 is 12.4 Å². The predicted molar refractivity (Wildman–Crippen MR) is 61.2 cm³/mol. The molecular weight excluding hydrogens is 257 g/mol. The quantitative estimate of drug-likeness (QED) is 0.835. The van der Waals surface area contributed by atoms with Crippen LogP contribution in [0.15, 0.2) is 0 Å². The maximum atomic E-state index is 12.1. The van der Waals surface area contributed by atoms with Crippen LogP contribution in [0.2, 0.25) is 0 Å². The molecule has 0 radical (unpaired) electrons. The van der Waals surface area contributed by atoms with Gasteiger partial charge in [-0.3, -0.25) is 4.79 Å². The van der Waals surface area contributed by atoms with Crippen molar-refractivity contribution < 1.29 is 18.0 Å². The molecule has 1 N–H and O–H groups in total. The van der Waals surface area contributed by atoms with Crippen molar-refractivity contribution in [3.05, 3.63) is 0 Å². The molecular formula is C10H18ClF3N2O. The van der Waals surface area contributed by atoms with Crippen LogP contribution in [0.3, 0.4) is 0 Å². The van der Waals surface area contributed by atoms with E-state index in [0.717, 1.165) is 32.4 Å². The van der Waals surface area contributed by atoms with Gasteiger partial charge in [-0.05, 0) is 32.4 Å². The van der Waals surface area contributed by atoms with E-state index >= 15 is 0 Å². The molecule has 17 heavy (non-hydrogen) atoms.